The minimum absolute atomic E-state index is 0.740. The molecule has 0 aliphatic carbocycles. The molecule has 52 valence electrons. The van der Waals surface area contributed by atoms with E-state index in [1.807, 2.05) is 0 Å². The minimum Gasteiger partial charge on any atom is -0.485 e. The van der Waals surface area contributed by atoms with Crippen LogP contribution in [-0.4, -0.2) is 36.8 Å². The first kappa shape index (κ1) is 7.74. The van der Waals surface area contributed by atoms with E-state index in [0.717, 1.165) is 11.4 Å². The summed E-state index contributed by atoms with van der Waals surface area (Å²) < 4.78 is 4.37. The van der Waals surface area contributed by atoms with E-state index in [-0.39, 0.29) is 0 Å². The van der Waals surface area contributed by atoms with Crippen LogP contribution in [0.4, 0.5) is 4.79 Å². The van der Waals surface area contributed by atoms with Crippen LogP contribution in [0.1, 0.15) is 0 Å². The Labute approximate surface area is 52.5 Å². The quantitative estimate of drug-likeness (QED) is 0.331. The van der Waals surface area contributed by atoms with Crippen molar-refractivity contribution < 1.29 is 14.6 Å². The van der Waals surface area contributed by atoms with Crippen molar-refractivity contribution in [3.63, 3.8) is 0 Å². The highest BCUT2D eigenvalue weighted by molar-refractivity contribution is 5.65. The van der Waals surface area contributed by atoms with E-state index in [2.05, 4.69) is 9.84 Å². The minimum atomic E-state index is -1.12. The number of methoxy groups -OCH3 is 1. The van der Waals surface area contributed by atoms with Gasteiger partial charge >= 0.3 is 6.09 Å². The van der Waals surface area contributed by atoms with Crippen LogP contribution in [0, 0.1) is 0 Å². The van der Waals surface area contributed by atoms with Gasteiger partial charge in [0.25, 0.3) is 0 Å². The maximum absolute atomic E-state index is 9.96. The normalized spacial score (nSPS) is 9.56. The van der Waals surface area contributed by atoms with Crippen molar-refractivity contribution in [2.75, 3.05) is 14.2 Å². The molecule has 0 aromatic rings. The summed E-state index contributed by atoms with van der Waals surface area (Å²) in [7, 11) is 2.69. The molecule has 0 aromatic heterocycles. The number of hydrogen-bond acceptors (Lipinski definition) is 3. The SMILES string of the molecule is CO/C=N/N(C)C(=O)O. The van der Waals surface area contributed by atoms with Gasteiger partial charge in [0.05, 0.1) is 7.11 Å². The lowest BCUT2D eigenvalue weighted by atomic mass is 11.0. The van der Waals surface area contributed by atoms with Crippen LogP contribution in [-0.2, 0) is 4.74 Å². The number of hydrazone groups is 1. The fraction of sp³-hybridized carbons (Fsp3) is 0.500. The summed E-state index contributed by atoms with van der Waals surface area (Å²) in [6, 6.07) is 0. The molecule has 0 saturated heterocycles. The highest BCUT2D eigenvalue weighted by atomic mass is 16.5. The second-order valence-electron chi connectivity index (χ2n) is 1.26. The molecule has 9 heavy (non-hydrogen) atoms. The van der Waals surface area contributed by atoms with Gasteiger partial charge in [-0.15, -0.1) is 5.10 Å². The van der Waals surface area contributed by atoms with E-state index in [1.165, 1.54) is 14.2 Å². The van der Waals surface area contributed by atoms with Gasteiger partial charge in [0, 0.05) is 7.05 Å². The molecular weight excluding hydrogens is 124 g/mol. The van der Waals surface area contributed by atoms with Gasteiger partial charge in [0.2, 0.25) is 0 Å². The summed E-state index contributed by atoms with van der Waals surface area (Å²) in [5, 5.41) is 12.2. The molecule has 0 rings (SSSR count). The molecule has 1 N–H and O–H groups in total. The molecule has 0 aliphatic rings. The van der Waals surface area contributed by atoms with Gasteiger partial charge in [-0.3, -0.25) is 0 Å². The maximum atomic E-state index is 9.96. The zero-order valence-electron chi connectivity index (χ0n) is 5.24. The van der Waals surface area contributed by atoms with Crippen LogP contribution in [0.3, 0.4) is 0 Å². The highest BCUT2D eigenvalue weighted by Crippen LogP contribution is 1.81. The first-order valence-corrected chi connectivity index (χ1v) is 2.20. The molecule has 0 atom stereocenters. The molecule has 1 amide bonds. The van der Waals surface area contributed by atoms with Crippen molar-refractivity contribution in [1.29, 1.82) is 0 Å². The van der Waals surface area contributed by atoms with E-state index in [1.54, 1.807) is 0 Å². The van der Waals surface area contributed by atoms with Crippen LogP contribution < -0.4 is 0 Å². The summed E-state index contributed by atoms with van der Waals surface area (Å²) in [4.78, 5) is 9.96. The van der Waals surface area contributed by atoms with Crippen LogP contribution in [0.5, 0.6) is 0 Å². The van der Waals surface area contributed by atoms with Crippen LogP contribution in [0.2, 0.25) is 0 Å². The number of ether oxygens (including phenoxy) is 1. The molecule has 0 aliphatic heterocycles. The predicted octanol–water partition coefficient (Wildman–Crippen LogP) is 0.186. The van der Waals surface area contributed by atoms with Gasteiger partial charge in [0.1, 0.15) is 0 Å². The topological polar surface area (TPSA) is 62.1 Å². The summed E-state index contributed by atoms with van der Waals surface area (Å²) >= 11 is 0. The van der Waals surface area contributed by atoms with E-state index < -0.39 is 6.09 Å². The zero-order chi connectivity index (χ0) is 7.28. The fourth-order valence-electron chi connectivity index (χ4n) is 0.167. The maximum Gasteiger partial charge on any atom is 0.427 e. The molecule has 0 bridgehead atoms. The van der Waals surface area contributed by atoms with Gasteiger partial charge in [-0.2, -0.15) is 5.01 Å². The van der Waals surface area contributed by atoms with Gasteiger partial charge in [-0.25, -0.2) is 4.79 Å². The number of amides is 1. The molecule has 0 heterocycles. The monoisotopic (exact) mass is 132 g/mol. The Hall–Kier alpha value is -1.26. The Bertz CT molecular complexity index is 123. The molecule has 5 heteroatoms. The average Bonchev–Trinajstić information content (AvgIpc) is 1.82. The van der Waals surface area contributed by atoms with Crippen molar-refractivity contribution in [2.45, 2.75) is 0 Å². The first-order chi connectivity index (χ1) is 4.18. The summed E-state index contributed by atoms with van der Waals surface area (Å²) in [6.07, 6.45) is -0.0861. The molecule has 0 spiro atoms. The molecule has 0 saturated carbocycles. The lowest BCUT2D eigenvalue weighted by Gasteiger charge is -2.02. The molecule has 0 aromatic carbocycles. The van der Waals surface area contributed by atoms with Gasteiger partial charge in [-0.1, -0.05) is 0 Å². The lowest BCUT2D eigenvalue weighted by Crippen LogP contribution is -2.18. The van der Waals surface area contributed by atoms with E-state index >= 15 is 0 Å². The number of rotatable bonds is 2. The van der Waals surface area contributed by atoms with Crippen molar-refractivity contribution in [2.24, 2.45) is 5.10 Å². The van der Waals surface area contributed by atoms with Crippen LogP contribution >= 0.6 is 0 Å². The summed E-state index contributed by atoms with van der Waals surface area (Å²) in [5.41, 5.74) is 0. The third kappa shape index (κ3) is 3.33. The molecule has 5 nitrogen and oxygen atoms in total. The smallest absolute Gasteiger partial charge is 0.427 e. The average molecular weight is 132 g/mol. The Kier molecular flexibility index (Phi) is 3.19. The summed E-state index contributed by atoms with van der Waals surface area (Å²) in [5.74, 6) is 0. The number of carboxylic acid groups (broad SMARTS) is 1. The molecule has 0 radical (unpaired) electrons. The second kappa shape index (κ2) is 3.71. The third-order valence-electron chi connectivity index (χ3n) is 0.603. The Morgan fingerprint density at radius 1 is 1.89 bits per heavy atom. The van der Waals surface area contributed by atoms with Crippen molar-refractivity contribution in [1.82, 2.24) is 5.01 Å². The van der Waals surface area contributed by atoms with Crippen molar-refractivity contribution in [3.8, 4) is 0 Å². The van der Waals surface area contributed by atoms with Crippen LogP contribution in [0.15, 0.2) is 5.10 Å². The largest absolute Gasteiger partial charge is 0.485 e. The fourth-order valence-corrected chi connectivity index (χ4v) is 0.167. The summed E-state index contributed by atoms with van der Waals surface area (Å²) in [6.45, 7) is 0. The lowest BCUT2D eigenvalue weighted by molar-refractivity contribution is 0.156. The van der Waals surface area contributed by atoms with E-state index in [0.29, 0.717) is 0 Å². The highest BCUT2D eigenvalue weighted by Gasteiger charge is 1.99. The standard InChI is InChI=1S/C4H8N2O3/c1-6(4(7)8)5-3-9-2/h3H,1-2H3,(H,7,8)/b5-3+. The first-order valence-electron chi connectivity index (χ1n) is 2.20. The number of nitrogens with zero attached hydrogens (tertiary/aromatic N) is 2. The van der Waals surface area contributed by atoms with E-state index in [4.69, 9.17) is 5.11 Å². The Morgan fingerprint density at radius 2 is 2.44 bits per heavy atom. The number of hydrogen-bond donors (Lipinski definition) is 1. The van der Waals surface area contributed by atoms with Crippen LogP contribution in [0.25, 0.3) is 0 Å². The van der Waals surface area contributed by atoms with E-state index in [9.17, 15) is 4.79 Å². The predicted molar refractivity (Wildman–Crippen MR) is 31.3 cm³/mol. The molecular formula is C4H8N2O3. The zero-order valence-corrected chi connectivity index (χ0v) is 5.24. The van der Waals surface area contributed by atoms with Gasteiger partial charge in [-0.05, 0) is 0 Å². The molecule has 0 fully saturated rings. The van der Waals surface area contributed by atoms with Gasteiger partial charge in [0.15, 0.2) is 6.40 Å². The Balaban J connectivity index is 3.62. The third-order valence-corrected chi connectivity index (χ3v) is 0.603. The second-order valence-corrected chi connectivity index (χ2v) is 1.26. The Morgan fingerprint density at radius 3 is 2.78 bits per heavy atom. The number of carbonyl (C=O) groups is 1. The van der Waals surface area contributed by atoms with Crippen molar-refractivity contribution in [3.05, 3.63) is 0 Å². The van der Waals surface area contributed by atoms with Crippen molar-refractivity contribution >= 4 is 12.5 Å². The molecule has 0 unspecified atom stereocenters. The van der Waals surface area contributed by atoms with Gasteiger partial charge < -0.3 is 9.84 Å².